The molecule has 1 N–H and O–H groups in total. The summed E-state index contributed by atoms with van der Waals surface area (Å²) in [5.74, 6) is 0.465. The average Bonchev–Trinajstić information content (AvgIpc) is 3.42. The molecule has 35 heavy (non-hydrogen) atoms. The van der Waals surface area contributed by atoms with Crippen LogP contribution in [0.2, 0.25) is 0 Å². The number of ether oxygens (including phenoxy) is 1. The lowest BCUT2D eigenvalue weighted by Gasteiger charge is -2.14. The van der Waals surface area contributed by atoms with Crippen LogP contribution in [0.3, 0.4) is 0 Å². The molecule has 1 aliphatic carbocycles. The first-order chi connectivity index (χ1) is 17.1. The first-order valence-electron chi connectivity index (χ1n) is 11.4. The van der Waals surface area contributed by atoms with E-state index in [1.54, 1.807) is 16.8 Å². The molecule has 1 unspecified atom stereocenters. The molecule has 12 heteroatoms. The molecule has 6 rings (SSSR count). The molecule has 3 aromatic heterocycles. The van der Waals surface area contributed by atoms with Gasteiger partial charge in [-0.05, 0) is 49.4 Å². The van der Waals surface area contributed by atoms with Gasteiger partial charge in [-0.25, -0.2) is 14.7 Å². The SMILES string of the molecule is COc1ncc(-c2ccc3ncc4nnc(C(=O)N5CCCC5)n4c3c2)cc1NOS(=O)C1CC1. The fourth-order valence-electron chi connectivity index (χ4n) is 4.20. The van der Waals surface area contributed by atoms with Gasteiger partial charge >= 0.3 is 0 Å². The summed E-state index contributed by atoms with van der Waals surface area (Å²) in [4.78, 5) is 23.8. The van der Waals surface area contributed by atoms with Crippen LogP contribution in [-0.2, 0) is 15.4 Å². The van der Waals surface area contributed by atoms with Crippen molar-refractivity contribution in [2.75, 3.05) is 25.7 Å². The summed E-state index contributed by atoms with van der Waals surface area (Å²) in [6.45, 7) is 1.45. The van der Waals surface area contributed by atoms with Gasteiger partial charge in [0.15, 0.2) is 16.7 Å². The molecule has 0 spiro atoms. The summed E-state index contributed by atoms with van der Waals surface area (Å²) in [6, 6.07) is 7.54. The van der Waals surface area contributed by atoms with E-state index in [-0.39, 0.29) is 17.0 Å². The second kappa shape index (κ2) is 8.86. The normalized spacial score (nSPS) is 16.7. The molecular weight excluding hydrogens is 470 g/mol. The molecule has 1 saturated heterocycles. The topological polar surface area (TPSA) is 124 Å². The maximum Gasteiger partial charge on any atom is 0.292 e. The van der Waals surface area contributed by atoms with Crippen molar-refractivity contribution in [3.8, 4) is 17.0 Å². The Labute approximate surface area is 203 Å². The number of benzene rings is 1. The number of aromatic nitrogens is 5. The van der Waals surface area contributed by atoms with Gasteiger partial charge < -0.3 is 9.64 Å². The Balaban J connectivity index is 1.40. The number of pyridine rings is 1. The lowest BCUT2D eigenvalue weighted by Crippen LogP contribution is -2.29. The van der Waals surface area contributed by atoms with Gasteiger partial charge in [0.1, 0.15) is 5.69 Å². The Morgan fingerprint density at radius 3 is 2.69 bits per heavy atom. The van der Waals surface area contributed by atoms with Gasteiger partial charge in [0, 0.05) is 24.8 Å². The van der Waals surface area contributed by atoms with Crippen LogP contribution in [0.5, 0.6) is 5.88 Å². The first kappa shape index (κ1) is 21.9. The minimum atomic E-state index is -1.42. The van der Waals surface area contributed by atoms with Crippen LogP contribution in [-0.4, -0.2) is 65.0 Å². The maximum absolute atomic E-state index is 13.1. The fraction of sp³-hybridized carbons (Fsp3) is 0.348. The molecular formula is C23H23N7O4S. The number of hydrogen-bond donors (Lipinski definition) is 1. The lowest BCUT2D eigenvalue weighted by molar-refractivity contribution is 0.0780. The zero-order valence-corrected chi connectivity index (χ0v) is 19.8. The van der Waals surface area contributed by atoms with E-state index in [1.165, 1.54) is 7.11 Å². The number of nitrogens with zero attached hydrogens (tertiary/aromatic N) is 6. The van der Waals surface area contributed by atoms with E-state index in [1.807, 2.05) is 29.2 Å². The molecule has 4 heterocycles. The van der Waals surface area contributed by atoms with Gasteiger partial charge in [0.2, 0.25) is 11.7 Å². The van der Waals surface area contributed by atoms with Gasteiger partial charge in [-0.3, -0.25) is 14.2 Å². The molecule has 1 saturated carbocycles. The Kier molecular flexibility index (Phi) is 5.53. The van der Waals surface area contributed by atoms with E-state index in [0.29, 0.717) is 28.2 Å². The van der Waals surface area contributed by atoms with E-state index in [9.17, 15) is 9.00 Å². The van der Waals surface area contributed by atoms with Gasteiger partial charge in [0.05, 0.1) is 29.6 Å². The third kappa shape index (κ3) is 4.08. The van der Waals surface area contributed by atoms with E-state index >= 15 is 0 Å². The smallest absolute Gasteiger partial charge is 0.292 e. The molecule has 180 valence electrons. The van der Waals surface area contributed by atoms with Crippen LogP contribution < -0.4 is 10.2 Å². The van der Waals surface area contributed by atoms with Crippen molar-refractivity contribution in [1.82, 2.24) is 29.5 Å². The quantitative estimate of drug-likeness (QED) is 0.387. The van der Waals surface area contributed by atoms with Crippen molar-refractivity contribution in [3.05, 3.63) is 42.5 Å². The highest BCUT2D eigenvalue weighted by Crippen LogP contribution is 2.32. The third-order valence-electron chi connectivity index (χ3n) is 6.22. The van der Waals surface area contributed by atoms with Crippen LogP contribution in [0, 0.1) is 0 Å². The number of likely N-dealkylation sites (tertiary alicyclic amines) is 1. The highest BCUT2D eigenvalue weighted by atomic mass is 32.2. The van der Waals surface area contributed by atoms with Crippen LogP contribution in [0.25, 0.3) is 27.8 Å². The molecule has 0 radical (unpaired) electrons. The highest BCUT2D eigenvalue weighted by molar-refractivity contribution is 7.81. The molecule has 2 aliphatic rings. The summed E-state index contributed by atoms with van der Waals surface area (Å²) >= 11 is -1.42. The summed E-state index contributed by atoms with van der Waals surface area (Å²) < 4.78 is 24.5. The summed E-state index contributed by atoms with van der Waals surface area (Å²) in [6.07, 6.45) is 7.08. The van der Waals surface area contributed by atoms with Crippen molar-refractivity contribution < 1.29 is 18.0 Å². The molecule has 2 fully saturated rings. The Hall–Kier alpha value is -3.64. The minimum absolute atomic E-state index is 0.0706. The Morgan fingerprint density at radius 1 is 1.09 bits per heavy atom. The summed E-state index contributed by atoms with van der Waals surface area (Å²) in [5.41, 5.74) is 6.73. The van der Waals surface area contributed by atoms with Crippen molar-refractivity contribution >= 4 is 39.4 Å². The van der Waals surface area contributed by atoms with Crippen molar-refractivity contribution in [3.63, 3.8) is 0 Å². The molecule has 0 bridgehead atoms. The van der Waals surface area contributed by atoms with Crippen molar-refractivity contribution in [2.24, 2.45) is 0 Å². The number of carbonyl (C=O) groups is 1. The minimum Gasteiger partial charge on any atom is -0.479 e. The second-order valence-electron chi connectivity index (χ2n) is 8.60. The molecule has 4 aromatic rings. The van der Waals surface area contributed by atoms with Crippen LogP contribution in [0.15, 0.2) is 36.7 Å². The number of methoxy groups -OCH3 is 1. The number of amides is 1. The predicted octanol–water partition coefficient (Wildman–Crippen LogP) is 2.75. The van der Waals surface area contributed by atoms with Gasteiger partial charge in [-0.15, -0.1) is 10.2 Å². The van der Waals surface area contributed by atoms with Crippen LogP contribution in [0.1, 0.15) is 36.3 Å². The van der Waals surface area contributed by atoms with E-state index < -0.39 is 11.1 Å². The number of rotatable bonds is 7. The standard InChI is InChI=1S/C23H23N7O4S/c1-33-22-18(28-34-35(32)16-5-6-16)10-15(12-25-22)14-4-7-17-19(11-14)30-20(13-24-17)26-27-21(30)23(31)29-8-2-3-9-29/h4,7,10-13,16,28H,2-3,5-6,8-9H2,1H3. The molecule has 1 amide bonds. The van der Waals surface area contributed by atoms with E-state index in [4.69, 9.17) is 9.02 Å². The Bertz CT molecular complexity index is 1460. The molecule has 11 nitrogen and oxygen atoms in total. The van der Waals surface area contributed by atoms with Gasteiger partial charge in [-0.2, -0.15) is 4.28 Å². The van der Waals surface area contributed by atoms with Gasteiger partial charge in [-0.1, -0.05) is 6.07 Å². The molecule has 1 aliphatic heterocycles. The first-order valence-corrected chi connectivity index (χ1v) is 12.6. The molecule has 1 atom stereocenters. The van der Waals surface area contributed by atoms with E-state index in [2.05, 4.69) is 25.6 Å². The number of fused-ring (bicyclic) bond motifs is 3. The average molecular weight is 494 g/mol. The van der Waals surface area contributed by atoms with Gasteiger partial charge in [0.25, 0.3) is 5.91 Å². The number of carbonyl (C=O) groups excluding carboxylic acids is 1. The number of hydrogen-bond acceptors (Lipinski definition) is 9. The maximum atomic E-state index is 13.1. The number of anilines is 1. The largest absolute Gasteiger partial charge is 0.479 e. The highest BCUT2D eigenvalue weighted by Gasteiger charge is 2.30. The zero-order chi connectivity index (χ0) is 23.9. The monoisotopic (exact) mass is 493 g/mol. The van der Waals surface area contributed by atoms with Crippen LogP contribution in [0.4, 0.5) is 5.69 Å². The Morgan fingerprint density at radius 2 is 1.91 bits per heavy atom. The van der Waals surface area contributed by atoms with E-state index in [0.717, 1.165) is 49.9 Å². The number of nitrogens with one attached hydrogen (secondary N) is 1. The second-order valence-corrected chi connectivity index (χ2v) is 9.96. The zero-order valence-electron chi connectivity index (χ0n) is 19.0. The van der Waals surface area contributed by atoms with Crippen molar-refractivity contribution in [2.45, 2.75) is 30.9 Å². The molecule has 1 aromatic carbocycles. The summed E-state index contributed by atoms with van der Waals surface area (Å²) in [7, 11) is 1.51. The third-order valence-corrected chi connectivity index (χ3v) is 7.48. The predicted molar refractivity (Wildman–Crippen MR) is 129 cm³/mol. The van der Waals surface area contributed by atoms with Crippen LogP contribution >= 0.6 is 0 Å². The van der Waals surface area contributed by atoms with Crippen molar-refractivity contribution in [1.29, 1.82) is 0 Å². The fourth-order valence-corrected chi connectivity index (χ4v) is 5.03. The lowest BCUT2D eigenvalue weighted by atomic mass is 10.1. The summed E-state index contributed by atoms with van der Waals surface area (Å²) in [5, 5.41) is 8.44.